The van der Waals surface area contributed by atoms with Crippen LogP contribution < -0.4 is 20.3 Å². The third-order valence-electron chi connectivity index (χ3n) is 7.28. The minimum absolute atomic E-state index is 0.115. The van der Waals surface area contributed by atoms with Gasteiger partial charge in [-0.1, -0.05) is 19.1 Å². The molecule has 0 saturated carbocycles. The maximum Gasteiger partial charge on any atom is 0.422 e. The van der Waals surface area contributed by atoms with Gasteiger partial charge in [0.1, 0.15) is 17.7 Å². The Kier molecular flexibility index (Phi) is 8.95. The molecule has 1 saturated heterocycles. The number of carbonyl (C=O) groups is 2. The van der Waals surface area contributed by atoms with Gasteiger partial charge in [0.05, 0.1) is 19.2 Å². The topological polar surface area (TPSA) is 115 Å². The summed E-state index contributed by atoms with van der Waals surface area (Å²) < 4.78 is 53.0. The Morgan fingerprint density at radius 1 is 1.15 bits per heavy atom. The quantitative estimate of drug-likeness (QED) is 0.404. The van der Waals surface area contributed by atoms with Gasteiger partial charge < -0.3 is 33.9 Å². The number of hydrogen-bond acceptors (Lipinski definition) is 6. The second-order valence-corrected chi connectivity index (χ2v) is 9.92. The number of pyridine rings is 1. The molecule has 0 aliphatic carbocycles. The average molecular weight is 579 g/mol. The first-order valence-corrected chi connectivity index (χ1v) is 13.2. The summed E-state index contributed by atoms with van der Waals surface area (Å²) in [5.41, 5.74) is 0.926. The molecule has 0 atom stereocenters. The molecule has 41 heavy (non-hydrogen) atoms. The molecule has 2 amide bonds. The molecule has 1 fully saturated rings. The fourth-order valence-corrected chi connectivity index (χ4v) is 5.11. The van der Waals surface area contributed by atoms with E-state index in [0.717, 1.165) is 5.56 Å². The first-order valence-electron chi connectivity index (χ1n) is 13.2. The number of hydrogen-bond donors (Lipinski definition) is 2. The number of likely N-dealkylation sites (tertiary alicyclic amines) is 1. The van der Waals surface area contributed by atoms with Gasteiger partial charge in [0.25, 0.3) is 11.5 Å². The Morgan fingerprint density at radius 3 is 2.37 bits per heavy atom. The van der Waals surface area contributed by atoms with E-state index in [1.807, 2.05) is 6.92 Å². The molecule has 13 heteroatoms. The minimum atomic E-state index is -4.70. The van der Waals surface area contributed by atoms with Gasteiger partial charge in [-0.05, 0) is 43.0 Å². The van der Waals surface area contributed by atoms with Crippen molar-refractivity contribution < 1.29 is 37.3 Å². The largest absolute Gasteiger partial charge is 0.497 e. The van der Waals surface area contributed by atoms with E-state index in [9.17, 15) is 27.6 Å². The van der Waals surface area contributed by atoms with Crippen molar-refractivity contribution in [2.45, 2.75) is 44.9 Å². The number of aliphatic hydroxyl groups is 1. The Hall–Kier alpha value is -4.00. The SMILES string of the molecule is CCc1cc2c(c(OCC(F)(F)F)c(C(=O)NC3CCN(C(=O)CO)CC3)n2C)c(=O)n1Cc1ccc(OC)cc1. The first kappa shape index (κ1) is 30.0. The summed E-state index contributed by atoms with van der Waals surface area (Å²) in [6.45, 7) is 0.350. The molecule has 0 bridgehead atoms. The van der Waals surface area contributed by atoms with E-state index >= 15 is 0 Å². The van der Waals surface area contributed by atoms with Crippen molar-refractivity contribution in [2.75, 3.05) is 33.4 Å². The summed E-state index contributed by atoms with van der Waals surface area (Å²) in [6.07, 6.45) is -3.45. The van der Waals surface area contributed by atoms with E-state index in [1.165, 1.54) is 28.2 Å². The second kappa shape index (κ2) is 12.2. The van der Waals surface area contributed by atoms with Crippen LogP contribution in [0.25, 0.3) is 10.9 Å². The minimum Gasteiger partial charge on any atom is -0.497 e. The van der Waals surface area contributed by atoms with Gasteiger partial charge in [-0.3, -0.25) is 14.4 Å². The normalized spacial score (nSPS) is 14.4. The van der Waals surface area contributed by atoms with Crippen molar-refractivity contribution in [1.29, 1.82) is 0 Å². The van der Waals surface area contributed by atoms with E-state index in [0.29, 0.717) is 43.8 Å². The molecule has 1 aliphatic heterocycles. The highest BCUT2D eigenvalue weighted by molar-refractivity contribution is 6.04. The van der Waals surface area contributed by atoms with Crippen LogP contribution in [0.1, 0.15) is 41.5 Å². The highest BCUT2D eigenvalue weighted by Crippen LogP contribution is 2.33. The maximum atomic E-state index is 13.9. The number of piperidine rings is 1. The summed E-state index contributed by atoms with van der Waals surface area (Å²) in [7, 11) is 3.04. The van der Waals surface area contributed by atoms with Gasteiger partial charge in [0.15, 0.2) is 18.1 Å². The van der Waals surface area contributed by atoms with Crippen molar-refractivity contribution in [3.63, 3.8) is 0 Å². The second-order valence-electron chi connectivity index (χ2n) is 9.92. The van der Waals surface area contributed by atoms with Crippen LogP contribution in [0.5, 0.6) is 11.5 Å². The van der Waals surface area contributed by atoms with E-state index in [2.05, 4.69) is 5.32 Å². The number of nitrogens with zero attached hydrogens (tertiary/aromatic N) is 3. The van der Waals surface area contributed by atoms with E-state index in [4.69, 9.17) is 14.6 Å². The first-order chi connectivity index (χ1) is 19.5. The van der Waals surface area contributed by atoms with Crippen LogP contribution in [0.3, 0.4) is 0 Å². The molecule has 1 aromatic carbocycles. The summed E-state index contributed by atoms with van der Waals surface area (Å²) in [5.74, 6) is -0.892. The van der Waals surface area contributed by atoms with Crippen LogP contribution in [0.15, 0.2) is 35.1 Å². The van der Waals surface area contributed by atoms with Gasteiger partial charge in [0, 0.05) is 31.9 Å². The molecule has 222 valence electrons. The predicted molar refractivity (Wildman–Crippen MR) is 144 cm³/mol. The van der Waals surface area contributed by atoms with E-state index in [1.54, 1.807) is 30.3 Å². The number of fused-ring (bicyclic) bond motifs is 1. The molecule has 10 nitrogen and oxygen atoms in total. The van der Waals surface area contributed by atoms with Crippen LogP contribution >= 0.6 is 0 Å². The summed E-state index contributed by atoms with van der Waals surface area (Å²) in [4.78, 5) is 40.6. The Bertz CT molecular complexity index is 1470. The molecule has 2 aromatic heterocycles. The molecular formula is C28H33F3N4O6. The van der Waals surface area contributed by atoms with Crippen molar-refractivity contribution in [1.82, 2.24) is 19.4 Å². The number of amides is 2. The molecule has 3 aromatic rings. The lowest BCUT2D eigenvalue weighted by atomic mass is 10.0. The van der Waals surface area contributed by atoms with E-state index in [-0.39, 0.29) is 29.2 Å². The molecular weight excluding hydrogens is 545 g/mol. The number of nitrogens with one attached hydrogen (secondary N) is 1. The lowest BCUT2D eigenvalue weighted by molar-refractivity contribution is -0.153. The fraction of sp³-hybridized carbons (Fsp3) is 0.464. The Balaban J connectivity index is 1.75. The zero-order valence-electron chi connectivity index (χ0n) is 23.1. The third kappa shape index (κ3) is 6.50. The Labute approximate surface area is 234 Å². The number of carbonyl (C=O) groups excluding carboxylic acids is 2. The standard InChI is InChI=1S/C28H33F3N4O6/c1-4-19-13-21-23(27(39)35(19)14-17-5-7-20(40-3)8-6-17)25(41-16-28(29,30)31)24(33(21)2)26(38)32-18-9-11-34(12-10-18)22(37)15-36/h5-8,13,18,36H,4,9-12,14-16H2,1-3H3,(H,32,38). The highest BCUT2D eigenvalue weighted by atomic mass is 19.4. The van der Waals surface area contributed by atoms with Crippen molar-refractivity contribution in [3.8, 4) is 11.5 Å². The van der Waals surface area contributed by atoms with Gasteiger partial charge in [-0.2, -0.15) is 13.2 Å². The summed E-state index contributed by atoms with van der Waals surface area (Å²) >= 11 is 0. The molecule has 0 radical (unpaired) electrons. The average Bonchev–Trinajstić information content (AvgIpc) is 3.24. The third-order valence-corrected chi connectivity index (χ3v) is 7.28. The molecule has 4 rings (SSSR count). The summed E-state index contributed by atoms with van der Waals surface area (Å²) in [6, 6.07) is 8.40. The highest BCUT2D eigenvalue weighted by Gasteiger charge is 2.34. The smallest absolute Gasteiger partial charge is 0.422 e. The number of aliphatic hydroxyl groups excluding tert-OH is 1. The lowest BCUT2D eigenvalue weighted by Crippen LogP contribution is -2.47. The number of ether oxygens (including phenoxy) is 2. The molecule has 0 spiro atoms. The van der Waals surface area contributed by atoms with Crippen molar-refractivity contribution >= 4 is 22.7 Å². The van der Waals surface area contributed by atoms with Crippen LogP contribution in [-0.4, -0.2) is 76.6 Å². The zero-order chi connectivity index (χ0) is 29.9. The monoisotopic (exact) mass is 578 g/mol. The molecule has 2 N–H and O–H groups in total. The zero-order valence-corrected chi connectivity index (χ0v) is 23.1. The van der Waals surface area contributed by atoms with Crippen LogP contribution in [0, 0.1) is 0 Å². The van der Waals surface area contributed by atoms with Gasteiger partial charge in [0.2, 0.25) is 5.91 Å². The van der Waals surface area contributed by atoms with Gasteiger partial charge in [-0.25, -0.2) is 0 Å². The molecule has 3 heterocycles. The number of aromatic nitrogens is 2. The number of alkyl halides is 3. The molecule has 1 aliphatic rings. The number of methoxy groups -OCH3 is 1. The fourth-order valence-electron chi connectivity index (χ4n) is 5.11. The van der Waals surface area contributed by atoms with Crippen molar-refractivity contribution in [2.24, 2.45) is 7.05 Å². The number of rotatable bonds is 9. The van der Waals surface area contributed by atoms with Gasteiger partial charge >= 0.3 is 6.18 Å². The predicted octanol–water partition coefficient (Wildman–Crippen LogP) is 2.61. The number of benzene rings is 1. The number of halogens is 3. The summed E-state index contributed by atoms with van der Waals surface area (Å²) in [5, 5.41) is 11.8. The molecule has 0 unspecified atom stereocenters. The number of aryl methyl sites for hydroxylation is 2. The van der Waals surface area contributed by atoms with E-state index < -0.39 is 42.5 Å². The van der Waals surface area contributed by atoms with Crippen molar-refractivity contribution in [3.05, 3.63) is 57.6 Å². The Morgan fingerprint density at radius 2 is 1.80 bits per heavy atom. The van der Waals surface area contributed by atoms with Crippen LogP contribution in [0.4, 0.5) is 13.2 Å². The maximum absolute atomic E-state index is 13.9. The van der Waals surface area contributed by atoms with Crippen LogP contribution in [-0.2, 0) is 24.8 Å². The van der Waals surface area contributed by atoms with Gasteiger partial charge in [-0.15, -0.1) is 0 Å². The lowest BCUT2D eigenvalue weighted by Gasteiger charge is -2.32. The van der Waals surface area contributed by atoms with Crippen LogP contribution in [0.2, 0.25) is 0 Å².